The van der Waals surface area contributed by atoms with E-state index in [2.05, 4.69) is 10.3 Å². The molecule has 0 aliphatic rings. The molecule has 0 fully saturated rings. The quantitative estimate of drug-likeness (QED) is 0.219. The third kappa shape index (κ3) is 6.17. The number of aromatic nitrogens is 2. The Labute approximate surface area is 222 Å². The maximum atomic E-state index is 13.3. The molecule has 0 radical (unpaired) electrons. The molecule has 0 aliphatic heterocycles. The van der Waals surface area contributed by atoms with E-state index in [9.17, 15) is 9.59 Å². The lowest BCUT2D eigenvalue weighted by Gasteiger charge is -2.14. The molecule has 0 saturated carbocycles. The number of anilines is 1. The Balaban J connectivity index is 1.53. The van der Waals surface area contributed by atoms with E-state index in [1.807, 2.05) is 29.6 Å². The minimum absolute atomic E-state index is 0.0674. The molecule has 1 N–H and O–H groups in total. The van der Waals surface area contributed by atoms with Crippen LogP contribution in [0.5, 0.6) is 23.0 Å². The number of ether oxygens (including phenoxy) is 4. The molecule has 37 heavy (non-hydrogen) atoms. The van der Waals surface area contributed by atoms with Crippen LogP contribution in [0.25, 0.3) is 10.2 Å². The summed E-state index contributed by atoms with van der Waals surface area (Å²) < 4.78 is 23.4. The summed E-state index contributed by atoms with van der Waals surface area (Å²) in [6.07, 6.45) is 0.572. The average molecular weight is 542 g/mol. The molecule has 2 aromatic heterocycles. The van der Waals surface area contributed by atoms with Gasteiger partial charge in [0.25, 0.3) is 5.56 Å². The van der Waals surface area contributed by atoms with Crippen LogP contribution in [0.1, 0.15) is 5.56 Å². The van der Waals surface area contributed by atoms with Gasteiger partial charge in [0.15, 0.2) is 16.7 Å². The molecule has 2 aromatic carbocycles. The van der Waals surface area contributed by atoms with Crippen LogP contribution < -0.4 is 29.8 Å². The smallest absolute Gasteiger partial charge is 0.272 e. The molecular weight excluding hydrogens is 514 g/mol. The van der Waals surface area contributed by atoms with E-state index in [1.54, 1.807) is 51.2 Å². The number of carbonyl (C=O) groups is 1. The standard InChI is InChI=1S/C26H27N3O6S2/c1-32-18-12-17(13-19(14-18)33-2)27-23(30)15-37-26-28-20-8-10-36-24(20)25(31)29(26)9-7-16-5-6-21(34-3)22(11-16)35-4/h5-6,8,10-14H,7,9,15H2,1-4H3,(H,27,30). The number of nitrogens with zero attached hydrogens (tertiary/aromatic N) is 2. The molecule has 194 valence electrons. The Morgan fingerprint density at radius 1 is 0.973 bits per heavy atom. The molecule has 0 saturated heterocycles. The van der Waals surface area contributed by atoms with Gasteiger partial charge in [0, 0.05) is 30.4 Å². The summed E-state index contributed by atoms with van der Waals surface area (Å²) in [4.78, 5) is 30.7. The second-order valence-corrected chi connectivity index (χ2v) is 9.72. The minimum atomic E-state index is -0.244. The SMILES string of the molecule is COc1cc(NC(=O)CSc2nc3ccsc3c(=O)n2CCc2ccc(OC)c(OC)c2)cc(OC)c1. The van der Waals surface area contributed by atoms with Gasteiger partial charge in [0.05, 0.1) is 39.7 Å². The van der Waals surface area contributed by atoms with Crippen molar-refractivity contribution >= 4 is 44.9 Å². The summed E-state index contributed by atoms with van der Waals surface area (Å²) in [7, 11) is 6.26. The topological polar surface area (TPSA) is 101 Å². The summed E-state index contributed by atoms with van der Waals surface area (Å²) in [5.41, 5.74) is 2.03. The van der Waals surface area contributed by atoms with Crippen molar-refractivity contribution in [3.8, 4) is 23.0 Å². The molecule has 4 aromatic rings. The number of rotatable bonds is 11. The number of hydrogen-bond acceptors (Lipinski definition) is 9. The summed E-state index contributed by atoms with van der Waals surface area (Å²) >= 11 is 2.57. The zero-order valence-corrected chi connectivity index (χ0v) is 22.5. The van der Waals surface area contributed by atoms with Crippen LogP contribution in [0.4, 0.5) is 5.69 Å². The van der Waals surface area contributed by atoms with E-state index >= 15 is 0 Å². The van der Waals surface area contributed by atoms with Gasteiger partial charge >= 0.3 is 0 Å². The zero-order chi connectivity index (χ0) is 26.4. The van der Waals surface area contributed by atoms with Gasteiger partial charge in [-0.2, -0.15) is 0 Å². The molecule has 2 heterocycles. The number of hydrogen-bond donors (Lipinski definition) is 1. The Kier molecular flexibility index (Phi) is 8.57. The number of amides is 1. The summed E-state index contributed by atoms with van der Waals surface area (Å²) in [5.74, 6) is 2.22. The fourth-order valence-electron chi connectivity index (χ4n) is 3.71. The minimum Gasteiger partial charge on any atom is -0.497 e. The molecule has 9 nitrogen and oxygen atoms in total. The molecule has 0 bridgehead atoms. The third-order valence-corrected chi connectivity index (χ3v) is 7.44. The van der Waals surface area contributed by atoms with E-state index in [0.29, 0.717) is 57.0 Å². The van der Waals surface area contributed by atoms with Gasteiger partial charge in [-0.25, -0.2) is 4.98 Å². The van der Waals surface area contributed by atoms with Crippen molar-refractivity contribution in [1.82, 2.24) is 9.55 Å². The van der Waals surface area contributed by atoms with Gasteiger partial charge in [-0.1, -0.05) is 17.8 Å². The van der Waals surface area contributed by atoms with Crippen LogP contribution in [-0.2, 0) is 17.8 Å². The lowest BCUT2D eigenvalue weighted by Crippen LogP contribution is -2.24. The monoisotopic (exact) mass is 541 g/mol. The molecule has 0 atom stereocenters. The number of benzene rings is 2. The van der Waals surface area contributed by atoms with Crippen molar-refractivity contribution in [3.05, 3.63) is 63.8 Å². The first-order chi connectivity index (χ1) is 17.9. The van der Waals surface area contributed by atoms with E-state index in [1.165, 1.54) is 23.1 Å². The van der Waals surface area contributed by atoms with Gasteiger partial charge in [0.1, 0.15) is 16.2 Å². The first-order valence-corrected chi connectivity index (χ1v) is 13.2. The maximum absolute atomic E-state index is 13.3. The van der Waals surface area contributed by atoms with E-state index in [4.69, 9.17) is 18.9 Å². The van der Waals surface area contributed by atoms with Crippen molar-refractivity contribution in [2.75, 3.05) is 39.5 Å². The average Bonchev–Trinajstić information content (AvgIpc) is 3.40. The van der Waals surface area contributed by atoms with Crippen LogP contribution >= 0.6 is 23.1 Å². The maximum Gasteiger partial charge on any atom is 0.272 e. The summed E-state index contributed by atoms with van der Waals surface area (Å²) in [5, 5.41) is 5.17. The highest BCUT2D eigenvalue weighted by Crippen LogP contribution is 2.29. The third-order valence-electron chi connectivity index (χ3n) is 5.57. The normalized spacial score (nSPS) is 10.8. The lowest BCUT2D eigenvalue weighted by molar-refractivity contribution is -0.113. The largest absolute Gasteiger partial charge is 0.497 e. The lowest BCUT2D eigenvalue weighted by atomic mass is 10.1. The fraction of sp³-hybridized carbons (Fsp3) is 0.269. The molecule has 1 amide bonds. The Hall–Kier alpha value is -3.70. The van der Waals surface area contributed by atoms with Gasteiger partial charge in [-0.05, 0) is 35.6 Å². The number of thiophene rings is 1. The number of thioether (sulfide) groups is 1. The fourth-order valence-corrected chi connectivity index (χ4v) is 5.32. The van der Waals surface area contributed by atoms with Gasteiger partial charge < -0.3 is 24.3 Å². The number of carbonyl (C=O) groups excluding carboxylic acids is 1. The Morgan fingerprint density at radius 3 is 2.38 bits per heavy atom. The number of methoxy groups -OCH3 is 4. The van der Waals surface area contributed by atoms with Crippen LogP contribution in [0, 0.1) is 0 Å². The van der Waals surface area contributed by atoms with Crippen LogP contribution in [0.15, 0.2) is 57.8 Å². The van der Waals surface area contributed by atoms with E-state index in [-0.39, 0.29) is 17.2 Å². The highest BCUT2D eigenvalue weighted by molar-refractivity contribution is 7.99. The summed E-state index contributed by atoms with van der Waals surface area (Å²) in [6.45, 7) is 0.395. The zero-order valence-electron chi connectivity index (χ0n) is 20.9. The number of aryl methyl sites for hydroxylation is 1. The van der Waals surface area contributed by atoms with Crippen molar-refractivity contribution in [1.29, 1.82) is 0 Å². The first-order valence-electron chi connectivity index (χ1n) is 11.3. The molecular formula is C26H27N3O6S2. The van der Waals surface area contributed by atoms with Crippen molar-refractivity contribution in [2.24, 2.45) is 0 Å². The summed E-state index contributed by atoms with van der Waals surface area (Å²) in [6, 6.07) is 12.6. The predicted octanol–water partition coefficient (Wildman–Crippen LogP) is 4.47. The van der Waals surface area contributed by atoms with E-state index in [0.717, 1.165) is 5.56 Å². The van der Waals surface area contributed by atoms with Crippen LogP contribution in [0.2, 0.25) is 0 Å². The number of nitrogens with one attached hydrogen (secondary N) is 1. The first kappa shape index (κ1) is 26.4. The highest BCUT2D eigenvalue weighted by atomic mass is 32.2. The molecule has 4 rings (SSSR count). The predicted molar refractivity (Wildman–Crippen MR) is 146 cm³/mol. The highest BCUT2D eigenvalue weighted by Gasteiger charge is 2.15. The van der Waals surface area contributed by atoms with Crippen molar-refractivity contribution < 1.29 is 23.7 Å². The van der Waals surface area contributed by atoms with Crippen molar-refractivity contribution in [2.45, 2.75) is 18.1 Å². The molecule has 0 spiro atoms. The van der Waals surface area contributed by atoms with E-state index < -0.39 is 0 Å². The van der Waals surface area contributed by atoms with Crippen LogP contribution in [-0.4, -0.2) is 49.7 Å². The second kappa shape index (κ2) is 12.0. The van der Waals surface area contributed by atoms with Crippen LogP contribution in [0.3, 0.4) is 0 Å². The molecule has 0 unspecified atom stereocenters. The second-order valence-electron chi connectivity index (χ2n) is 7.86. The van der Waals surface area contributed by atoms with Crippen molar-refractivity contribution in [3.63, 3.8) is 0 Å². The van der Waals surface area contributed by atoms with Gasteiger partial charge in [0.2, 0.25) is 5.91 Å². The Bertz CT molecular complexity index is 1440. The van der Waals surface area contributed by atoms with Gasteiger partial charge in [-0.15, -0.1) is 11.3 Å². The molecule has 11 heteroatoms. The molecule has 0 aliphatic carbocycles. The number of fused-ring (bicyclic) bond motifs is 1. The van der Waals surface area contributed by atoms with Gasteiger partial charge in [-0.3, -0.25) is 14.2 Å². The Morgan fingerprint density at radius 2 is 1.70 bits per heavy atom.